The molecule has 25 heavy (non-hydrogen) atoms. The average Bonchev–Trinajstić information content (AvgIpc) is 2.65. The SMILES string of the molecule is CCCOc1ccc(C(=O)OCC(=O)N[C@H](C)c2ccccc2)cc1. The molecule has 0 saturated carbocycles. The van der Waals surface area contributed by atoms with Crippen LogP contribution in [0.2, 0.25) is 0 Å². The molecule has 2 aromatic carbocycles. The van der Waals surface area contributed by atoms with Crippen molar-refractivity contribution in [3.63, 3.8) is 0 Å². The van der Waals surface area contributed by atoms with Gasteiger partial charge in [-0.25, -0.2) is 4.79 Å². The average molecular weight is 341 g/mol. The molecule has 0 aliphatic heterocycles. The highest BCUT2D eigenvalue weighted by molar-refractivity contribution is 5.91. The molecule has 0 saturated heterocycles. The second-order valence-corrected chi connectivity index (χ2v) is 5.65. The van der Waals surface area contributed by atoms with Crippen LogP contribution in [0.1, 0.15) is 42.2 Å². The number of carbonyl (C=O) groups excluding carboxylic acids is 2. The van der Waals surface area contributed by atoms with Gasteiger partial charge in [0.05, 0.1) is 18.2 Å². The molecular weight excluding hydrogens is 318 g/mol. The second-order valence-electron chi connectivity index (χ2n) is 5.65. The predicted octanol–water partition coefficient (Wildman–Crippen LogP) is 3.51. The van der Waals surface area contributed by atoms with Crippen LogP contribution in [0.15, 0.2) is 54.6 Å². The summed E-state index contributed by atoms with van der Waals surface area (Å²) in [7, 11) is 0. The van der Waals surface area contributed by atoms with Gasteiger partial charge in [0.25, 0.3) is 5.91 Å². The second kappa shape index (κ2) is 9.47. The first-order valence-electron chi connectivity index (χ1n) is 8.34. The Balaban J connectivity index is 1.80. The molecule has 5 heteroatoms. The van der Waals surface area contributed by atoms with Gasteiger partial charge in [0.15, 0.2) is 6.61 Å². The number of rotatable bonds is 8. The van der Waals surface area contributed by atoms with Gasteiger partial charge in [-0.05, 0) is 43.2 Å². The van der Waals surface area contributed by atoms with Gasteiger partial charge >= 0.3 is 5.97 Å². The third-order valence-electron chi connectivity index (χ3n) is 3.57. The van der Waals surface area contributed by atoms with Crippen molar-refractivity contribution >= 4 is 11.9 Å². The molecule has 0 fully saturated rings. The van der Waals surface area contributed by atoms with E-state index in [9.17, 15) is 9.59 Å². The van der Waals surface area contributed by atoms with E-state index >= 15 is 0 Å². The minimum Gasteiger partial charge on any atom is -0.494 e. The lowest BCUT2D eigenvalue weighted by molar-refractivity contribution is -0.124. The minimum absolute atomic E-state index is 0.151. The van der Waals surface area contributed by atoms with Crippen molar-refractivity contribution < 1.29 is 19.1 Å². The number of hydrogen-bond donors (Lipinski definition) is 1. The van der Waals surface area contributed by atoms with Gasteiger partial charge in [0.1, 0.15) is 5.75 Å². The monoisotopic (exact) mass is 341 g/mol. The van der Waals surface area contributed by atoms with Crippen LogP contribution in [0.4, 0.5) is 0 Å². The summed E-state index contributed by atoms with van der Waals surface area (Å²) < 4.78 is 10.5. The van der Waals surface area contributed by atoms with Crippen LogP contribution in [0, 0.1) is 0 Å². The summed E-state index contributed by atoms with van der Waals surface area (Å²) in [5.74, 6) is -0.176. The van der Waals surface area contributed by atoms with E-state index in [1.165, 1.54) is 0 Å². The smallest absolute Gasteiger partial charge is 0.338 e. The molecule has 0 aliphatic carbocycles. The Morgan fingerprint density at radius 1 is 1.04 bits per heavy atom. The Bertz CT molecular complexity index is 683. The maximum atomic E-state index is 12.0. The fraction of sp³-hybridized carbons (Fsp3) is 0.300. The third kappa shape index (κ3) is 5.95. The summed E-state index contributed by atoms with van der Waals surface area (Å²) in [6, 6.07) is 16.1. The van der Waals surface area contributed by atoms with Gasteiger partial charge in [-0.3, -0.25) is 4.79 Å². The highest BCUT2D eigenvalue weighted by Gasteiger charge is 2.13. The van der Waals surface area contributed by atoms with E-state index in [4.69, 9.17) is 9.47 Å². The van der Waals surface area contributed by atoms with Crippen LogP contribution in [0.25, 0.3) is 0 Å². The van der Waals surface area contributed by atoms with Crippen LogP contribution in [-0.4, -0.2) is 25.1 Å². The zero-order chi connectivity index (χ0) is 18.1. The van der Waals surface area contributed by atoms with E-state index in [0.29, 0.717) is 17.9 Å². The van der Waals surface area contributed by atoms with E-state index < -0.39 is 5.97 Å². The number of amides is 1. The first-order valence-corrected chi connectivity index (χ1v) is 8.34. The van der Waals surface area contributed by atoms with E-state index in [1.807, 2.05) is 44.2 Å². The van der Waals surface area contributed by atoms with E-state index in [2.05, 4.69) is 5.32 Å². The molecule has 1 amide bonds. The number of esters is 1. The number of nitrogens with one attached hydrogen (secondary N) is 1. The van der Waals surface area contributed by atoms with Gasteiger partial charge < -0.3 is 14.8 Å². The van der Waals surface area contributed by atoms with Crippen LogP contribution in [0.3, 0.4) is 0 Å². The van der Waals surface area contributed by atoms with Crippen molar-refractivity contribution in [1.29, 1.82) is 0 Å². The molecular formula is C20H23NO4. The summed E-state index contributed by atoms with van der Waals surface area (Å²) in [6.45, 7) is 4.22. The molecule has 0 spiro atoms. The molecule has 1 N–H and O–H groups in total. The lowest BCUT2D eigenvalue weighted by Crippen LogP contribution is -2.31. The third-order valence-corrected chi connectivity index (χ3v) is 3.57. The molecule has 0 aromatic heterocycles. The Hall–Kier alpha value is -2.82. The number of carbonyl (C=O) groups is 2. The van der Waals surface area contributed by atoms with Crippen molar-refractivity contribution in [2.45, 2.75) is 26.3 Å². The zero-order valence-corrected chi connectivity index (χ0v) is 14.5. The molecule has 2 aromatic rings. The van der Waals surface area contributed by atoms with Gasteiger partial charge in [-0.2, -0.15) is 0 Å². The van der Waals surface area contributed by atoms with Crippen LogP contribution in [0.5, 0.6) is 5.75 Å². The molecule has 0 aliphatic rings. The fourth-order valence-electron chi connectivity index (χ4n) is 2.23. The van der Waals surface area contributed by atoms with Gasteiger partial charge in [0.2, 0.25) is 0 Å². The Kier molecular flexibility index (Phi) is 7.01. The zero-order valence-electron chi connectivity index (χ0n) is 14.5. The number of ether oxygens (including phenoxy) is 2. The van der Waals surface area contributed by atoms with Crippen molar-refractivity contribution in [3.8, 4) is 5.75 Å². The van der Waals surface area contributed by atoms with Gasteiger partial charge in [-0.1, -0.05) is 37.3 Å². The molecule has 0 radical (unpaired) electrons. The van der Waals surface area contributed by atoms with Crippen LogP contribution < -0.4 is 10.1 Å². The number of hydrogen-bond acceptors (Lipinski definition) is 4. The standard InChI is InChI=1S/C20H23NO4/c1-3-13-24-18-11-9-17(10-12-18)20(23)25-14-19(22)21-15(2)16-7-5-4-6-8-16/h4-12,15H,3,13-14H2,1-2H3,(H,21,22)/t15-/m1/s1. The molecule has 5 nitrogen and oxygen atoms in total. The first-order chi connectivity index (χ1) is 12.1. The molecule has 0 heterocycles. The highest BCUT2D eigenvalue weighted by Crippen LogP contribution is 2.14. The Morgan fingerprint density at radius 2 is 1.72 bits per heavy atom. The quantitative estimate of drug-likeness (QED) is 0.746. The summed E-state index contributed by atoms with van der Waals surface area (Å²) in [5, 5.41) is 2.80. The first kappa shape index (κ1) is 18.5. The lowest BCUT2D eigenvalue weighted by atomic mass is 10.1. The van der Waals surface area contributed by atoms with Crippen molar-refractivity contribution in [2.75, 3.05) is 13.2 Å². The summed E-state index contributed by atoms with van der Waals surface area (Å²) in [4.78, 5) is 23.9. The summed E-state index contributed by atoms with van der Waals surface area (Å²) in [6.07, 6.45) is 0.917. The number of benzene rings is 2. The predicted molar refractivity (Wildman–Crippen MR) is 95.5 cm³/mol. The van der Waals surface area contributed by atoms with E-state index in [1.54, 1.807) is 24.3 Å². The van der Waals surface area contributed by atoms with Crippen LogP contribution in [-0.2, 0) is 9.53 Å². The largest absolute Gasteiger partial charge is 0.494 e. The maximum absolute atomic E-state index is 12.0. The van der Waals surface area contributed by atoms with E-state index in [-0.39, 0.29) is 18.6 Å². The lowest BCUT2D eigenvalue weighted by Gasteiger charge is -2.14. The fourth-order valence-corrected chi connectivity index (χ4v) is 2.23. The normalized spacial score (nSPS) is 11.4. The minimum atomic E-state index is -0.537. The molecule has 0 unspecified atom stereocenters. The van der Waals surface area contributed by atoms with E-state index in [0.717, 1.165) is 12.0 Å². The highest BCUT2D eigenvalue weighted by atomic mass is 16.5. The topological polar surface area (TPSA) is 64.6 Å². The Morgan fingerprint density at radius 3 is 2.36 bits per heavy atom. The maximum Gasteiger partial charge on any atom is 0.338 e. The molecule has 0 bridgehead atoms. The molecule has 1 atom stereocenters. The van der Waals surface area contributed by atoms with Crippen molar-refractivity contribution in [3.05, 3.63) is 65.7 Å². The molecule has 2 rings (SSSR count). The summed E-state index contributed by atoms with van der Waals surface area (Å²) in [5.41, 5.74) is 1.37. The van der Waals surface area contributed by atoms with Gasteiger partial charge in [-0.15, -0.1) is 0 Å². The van der Waals surface area contributed by atoms with Crippen molar-refractivity contribution in [1.82, 2.24) is 5.32 Å². The van der Waals surface area contributed by atoms with Gasteiger partial charge in [0, 0.05) is 0 Å². The van der Waals surface area contributed by atoms with Crippen LogP contribution >= 0.6 is 0 Å². The molecule has 132 valence electrons. The van der Waals surface area contributed by atoms with Crippen molar-refractivity contribution in [2.24, 2.45) is 0 Å². The Labute approximate surface area is 148 Å². The summed E-state index contributed by atoms with van der Waals surface area (Å²) >= 11 is 0.